The van der Waals surface area contributed by atoms with Crippen molar-refractivity contribution in [3.05, 3.63) is 29.3 Å². The minimum atomic E-state index is -0.447. The van der Waals surface area contributed by atoms with E-state index in [1.165, 1.54) is 0 Å². The maximum atomic E-state index is 12.6. The molecule has 8 nitrogen and oxygen atoms in total. The van der Waals surface area contributed by atoms with Crippen LogP contribution < -0.4 is 21.3 Å². The first-order valence-electron chi connectivity index (χ1n) is 9.95. The summed E-state index contributed by atoms with van der Waals surface area (Å²) in [6.45, 7) is 3.16. The number of aromatic nitrogens is 1. The second kappa shape index (κ2) is 8.32. The van der Waals surface area contributed by atoms with E-state index in [1.807, 2.05) is 18.2 Å². The summed E-state index contributed by atoms with van der Waals surface area (Å²) in [7, 11) is 0. The van der Waals surface area contributed by atoms with Crippen LogP contribution in [0.1, 0.15) is 19.3 Å². The number of carbonyl (C=O) groups is 2. The smallest absolute Gasteiger partial charge is 0.318 e. The van der Waals surface area contributed by atoms with Crippen molar-refractivity contribution in [1.29, 1.82) is 0 Å². The van der Waals surface area contributed by atoms with E-state index < -0.39 is 6.04 Å². The standard InChI is InChI=1S/C20H25ClN6O2/c21-13-4-5-14-16(11-13)24-18(22)12-17(14)26-7-9-27(10-8-26)20(29)25-15-3-1-2-6-23-19(15)28/h4-5,11-12,15H,1-3,6-10H2,(H2,22,24)(H,23,28)(H,25,29)/t15-/m0/s1. The van der Waals surface area contributed by atoms with E-state index in [0.29, 0.717) is 50.0 Å². The Morgan fingerprint density at radius 1 is 1.21 bits per heavy atom. The van der Waals surface area contributed by atoms with Gasteiger partial charge in [-0.05, 0) is 37.5 Å². The Kier molecular flexibility index (Phi) is 5.62. The maximum absolute atomic E-state index is 12.6. The monoisotopic (exact) mass is 416 g/mol. The zero-order chi connectivity index (χ0) is 20.4. The first kappa shape index (κ1) is 19.6. The van der Waals surface area contributed by atoms with Crippen molar-refractivity contribution < 1.29 is 9.59 Å². The molecule has 0 radical (unpaired) electrons. The number of nitrogens with two attached hydrogens (primary N) is 1. The quantitative estimate of drug-likeness (QED) is 0.694. The molecule has 3 amide bonds. The van der Waals surface area contributed by atoms with Crippen LogP contribution in [0.25, 0.3) is 10.9 Å². The number of nitrogens with one attached hydrogen (secondary N) is 2. The van der Waals surface area contributed by atoms with Gasteiger partial charge in [0.2, 0.25) is 5.91 Å². The largest absolute Gasteiger partial charge is 0.384 e. The number of carbonyl (C=O) groups excluding carboxylic acids is 2. The van der Waals surface area contributed by atoms with Crippen molar-refractivity contribution >= 4 is 45.9 Å². The molecular formula is C20H25ClN6O2. The SMILES string of the molecule is Nc1cc(N2CCN(C(=O)N[C@H]3CCCCNC3=O)CC2)c2ccc(Cl)cc2n1. The number of amides is 3. The summed E-state index contributed by atoms with van der Waals surface area (Å²) in [5.41, 5.74) is 7.74. The van der Waals surface area contributed by atoms with Crippen LogP contribution in [0.15, 0.2) is 24.3 Å². The average Bonchev–Trinajstić information content (AvgIpc) is 2.91. The zero-order valence-corrected chi connectivity index (χ0v) is 16.9. The first-order valence-corrected chi connectivity index (χ1v) is 10.3. The number of pyridine rings is 1. The number of rotatable bonds is 2. The van der Waals surface area contributed by atoms with Crippen LogP contribution in [-0.2, 0) is 4.79 Å². The Hall–Kier alpha value is -2.74. The molecule has 0 unspecified atom stereocenters. The van der Waals surface area contributed by atoms with Gasteiger partial charge >= 0.3 is 6.03 Å². The van der Waals surface area contributed by atoms with Crippen molar-refractivity contribution in [3.8, 4) is 0 Å². The van der Waals surface area contributed by atoms with Gasteiger partial charge in [0, 0.05) is 54.9 Å². The molecule has 4 N–H and O–H groups in total. The Morgan fingerprint density at radius 3 is 2.79 bits per heavy atom. The number of nitrogen functional groups attached to an aromatic ring is 1. The van der Waals surface area contributed by atoms with Crippen LogP contribution in [0.4, 0.5) is 16.3 Å². The van der Waals surface area contributed by atoms with Gasteiger partial charge in [-0.25, -0.2) is 9.78 Å². The molecule has 154 valence electrons. The van der Waals surface area contributed by atoms with Crippen LogP contribution in [0.5, 0.6) is 0 Å². The Balaban J connectivity index is 1.42. The van der Waals surface area contributed by atoms with Gasteiger partial charge in [0.1, 0.15) is 11.9 Å². The lowest BCUT2D eigenvalue weighted by Gasteiger charge is -2.37. The summed E-state index contributed by atoms with van der Waals surface area (Å²) in [4.78, 5) is 33.0. The van der Waals surface area contributed by atoms with E-state index in [1.54, 1.807) is 11.0 Å². The highest BCUT2D eigenvalue weighted by molar-refractivity contribution is 6.31. The summed E-state index contributed by atoms with van der Waals surface area (Å²) in [5, 5.41) is 7.34. The molecule has 0 aliphatic carbocycles. The number of hydrogen-bond acceptors (Lipinski definition) is 5. The number of piperazine rings is 1. The van der Waals surface area contributed by atoms with Gasteiger partial charge < -0.3 is 26.2 Å². The summed E-state index contributed by atoms with van der Waals surface area (Å²) in [6, 6.07) is 6.82. The topological polar surface area (TPSA) is 104 Å². The first-order chi connectivity index (χ1) is 14.0. The summed E-state index contributed by atoms with van der Waals surface area (Å²) < 4.78 is 0. The van der Waals surface area contributed by atoms with Crippen LogP contribution in [0.2, 0.25) is 5.02 Å². The number of halogens is 1. The summed E-state index contributed by atoms with van der Waals surface area (Å²) in [6.07, 6.45) is 2.56. The molecule has 3 heterocycles. The molecule has 2 fully saturated rings. The third-order valence-electron chi connectivity index (χ3n) is 5.51. The van der Waals surface area contributed by atoms with Gasteiger partial charge in [0.25, 0.3) is 0 Å². The van der Waals surface area contributed by atoms with Gasteiger partial charge in [-0.2, -0.15) is 0 Å². The highest BCUT2D eigenvalue weighted by Gasteiger charge is 2.27. The van der Waals surface area contributed by atoms with E-state index in [4.69, 9.17) is 17.3 Å². The third kappa shape index (κ3) is 4.32. The predicted molar refractivity (Wildman–Crippen MR) is 114 cm³/mol. The molecule has 1 aromatic heterocycles. The highest BCUT2D eigenvalue weighted by Crippen LogP contribution is 2.30. The molecule has 1 aromatic carbocycles. The van der Waals surface area contributed by atoms with Gasteiger partial charge in [-0.1, -0.05) is 11.6 Å². The van der Waals surface area contributed by atoms with Crippen LogP contribution >= 0.6 is 11.6 Å². The lowest BCUT2D eigenvalue weighted by atomic mass is 10.1. The van der Waals surface area contributed by atoms with Crippen molar-refractivity contribution in [2.24, 2.45) is 0 Å². The molecule has 0 spiro atoms. The van der Waals surface area contributed by atoms with E-state index in [0.717, 1.165) is 29.4 Å². The van der Waals surface area contributed by atoms with Gasteiger partial charge in [0.15, 0.2) is 0 Å². The number of hydrogen-bond donors (Lipinski definition) is 3. The predicted octanol–water partition coefficient (Wildman–Crippen LogP) is 1.97. The van der Waals surface area contributed by atoms with Crippen LogP contribution in [-0.4, -0.2) is 60.6 Å². The third-order valence-corrected chi connectivity index (χ3v) is 5.75. The molecule has 4 rings (SSSR count). The molecule has 29 heavy (non-hydrogen) atoms. The normalized spacial score (nSPS) is 20.3. The molecule has 2 aliphatic rings. The fourth-order valence-corrected chi connectivity index (χ4v) is 4.10. The summed E-state index contributed by atoms with van der Waals surface area (Å²) in [5.74, 6) is 0.348. The number of nitrogens with zero attached hydrogens (tertiary/aromatic N) is 3. The minimum Gasteiger partial charge on any atom is -0.384 e. The number of anilines is 2. The molecule has 9 heteroatoms. The van der Waals surface area contributed by atoms with Crippen molar-refractivity contribution in [2.75, 3.05) is 43.4 Å². The van der Waals surface area contributed by atoms with Gasteiger partial charge in [-0.3, -0.25) is 4.79 Å². The molecule has 2 aromatic rings. The number of benzene rings is 1. The number of fused-ring (bicyclic) bond motifs is 1. The minimum absolute atomic E-state index is 0.0909. The molecular weight excluding hydrogens is 392 g/mol. The van der Waals surface area contributed by atoms with Crippen LogP contribution in [0, 0.1) is 0 Å². The second-order valence-electron chi connectivity index (χ2n) is 7.49. The Bertz CT molecular complexity index is 923. The molecule has 0 saturated carbocycles. The fourth-order valence-electron chi connectivity index (χ4n) is 3.93. The van der Waals surface area contributed by atoms with Gasteiger partial charge in [-0.15, -0.1) is 0 Å². The van der Waals surface area contributed by atoms with E-state index in [9.17, 15) is 9.59 Å². The zero-order valence-electron chi connectivity index (χ0n) is 16.2. The van der Waals surface area contributed by atoms with E-state index in [2.05, 4.69) is 20.5 Å². The van der Waals surface area contributed by atoms with E-state index >= 15 is 0 Å². The Labute approximate surface area is 174 Å². The molecule has 2 saturated heterocycles. The van der Waals surface area contributed by atoms with Crippen LogP contribution in [0.3, 0.4) is 0 Å². The Morgan fingerprint density at radius 2 is 2.00 bits per heavy atom. The molecule has 2 aliphatic heterocycles. The lowest BCUT2D eigenvalue weighted by Crippen LogP contribution is -2.55. The van der Waals surface area contributed by atoms with Gasteiger partial charge in [0.05, 0.1) is 5.52 Å². The summed E-state index contributed by atoms with van der Waals surface area (Å²) >= 11 is 6.09. The lowest BCUT2D eigenvalue weighted by molar-refractivity contribution is -0.122. The fraction of sp³-hybridized carbons (Fsp3) is 0.450. The van der Waals surface area contributed by atoms with E-state index in [-0.39, 0.29) is 11.9 Å². The van der Waals surface area contributed by atoms with Crippen molar-refractivity contribution in [3.63, 3.8) is 0 Å². The molecule has 1 atom stereocenters. The second-order valence-corrected chi connectivity index (χ2v) is 7.93. The number of urea groups is 1. The maximum Gasteiger partial charge on any atom is 0.318 e. The average molecular weight is 417 g/mol. The van der Waals surface area contributed by atoms with Crippen molar-refractivity contribution in [2.45, 2.75) is 25.3 Å². The van der Waals surface area contributed by atoms with Crippen molar-refractivity contribution in [1.82, 2.24) is 20.5 Å². The molecule has 0 bridgehead atoms. The highest BCUT2D eigenvalue weighted by atomic mass is 35.5.